The summed E-state index contributed by atoms with van der Waals surface area (Å²) < 4.78 is 5.68. The quantitative estimate of drug-likeness (QED) is 0.215. The zero-order chi connectivity index (χ0) is 19.6. The molecule has 0 unspecified atom stereocenters. The maximum Gasteiger partial charge on any atom is 0.273 e. The van der Waals surface area contributed by atoms with Gasteiger partial charge in [0.05, 0.1) is 15.0 Å². The van der Waals surface area contributed by atoms with Crippen LogP contribution in [0.5, 0.6) is 0 Å². The van der Waals surface area contributed by atoms with Crippen LogP contribution in [0.15, 0.2) is 59.0 Å². The fourth-order valence-electron chi connectivity index (χ4n) is 2.49. The number of allylic oxidation sites excluding steroid dienone is 1. The Kier molecular flexibility index (Phi) is 5.44. The van der Waals surface area contributed by atoms with Gasteiger partial charge in [-0.3, -0.25) is 14.9 Å². The number of carbonyl (C=O) groups excluding carboxylic acids is 1. The number of rotatable bonds is 5. The Morgan fingerprint density at radius 3 is 2.67 bits per heavy atom. The summed E-state index contributed by atoms with van der Waals surface area (Å²) in [5.74, 6) is 0.591. The molecule has 0 atom stereocenters. The Balaban J connectivity index is 1.82. The lowest BCUT2D eigenvalue weighted by Crippen LogP contribution is -1.98. The molecule has 0 radical (unpaired) electrons. The Labute approximate surface area is 165 Å². The van der Waals surface area contributed by atoms with E-state index in [1.54, 1.807) is 49.4 Å². The van der Waals surface area contributed by atoms with E-state index in [9.17, 15) is 14.9 Å². The van der Waals surface area contributed by atoms with Gasteiger partial charge in [-0.15, -0.1) is 0 Å². The maximum absolute atomic E-state index is 12.3. The van der Waals surface area contributed by atoms with E-state index in [-0.39, 0.29) is 17.0 Å². The van der Waals surface area contributed by atoms with Gasteiger partial charge < -0.3 is 4.42 Å². The fraction of sp³-hybridized carbons (Fsp3) is 0.0500. The molecule has 1 heterocycles. The maximum atomic E-state index is 12.3. The summed E-state index contributed by atoms with van der Waals surface area (Å²) in [7, 11) is 0. The lowest BCUT2D eigenvalue weighted by atomic mass is 10.1. The van der Waals surface area contributed by atoms with E-state index < -0.39 is 4.92 Å². The number of furan rings is 1. The first-order valence-corrected chi connectivity index (χ1v) is 8.64. The minimum Gasteiger partial charge on any atom is -0.457 e. The van der Waals surface area contributed by atoms with Crippen LogP contribution in [0.1, 0.15) is 21.7 Å². The van der Waals surface area contributed by atoms with Crippen LogP contribution in [-0.2, 0) is 0 Å². The molecule has 0 amide bonds. The molecule has 136 valence electrons. The molecular weight excluding hydrogens is 389 g/mol. The van der Waals surface area contributed by atoms with E-state index in [1.165, 1.54) is 18.2 Å². The van der Waals surface area contributed by atoms with Crippen molar-refractivity contribution in [3.63, 3.8) is 0 Å². The van der Waals surface area contributed by atoms with Gasteiger partial charge >= 0.3 is 0 Å². The molecule has 0 spiro atoms. The van der Waals surface area contributed by atoms with E-state index in [2.05, 4.69) is 0 Å². The molecule has 0 aliphatic rings. The molecule has 0 aliphatic carbocycles. The molecule has 27 heavy (non-hydrogen) atoms. The fourth-order valence-corrected chi connectivity index (χ4v) is 2.89. The number of carbonyl (C=O) groups is 1. The topological polar surface area (TPSA) is 73.3 Å². The van der Waals surface area contributed by atoms with Gasteiger partial charge in [-0.05, 0) is 43.3 Å². The van der Waals surface area contributed by atoms with Crippen LogP contribution in [-0.4, -0.2) is 10.7 Å². The average Bonchev–Trinajstić information content (AvgIpc) is 3.11. The lowest BCUT2D eigenvalue weighted by Gasteiger charge is -2.02. The number of benzene rings is 2. The second-order valence-corrected chi connectivity index (χ2v) is 6.54. The summed E-state index contributed by atoms with van der Waals surface area (Å²) in [6, 6.07) is 13.0. The predicted octanol–water partition coefficient (Wildman–Crippen LogP) is 6.37. The second-order valence-electron chi connectivity index (χ2n) is 5.76. The van der Waals surface area contributed by atoms with E-state index in [4.69, 9.17) is 27.6 Å². The third-order valence-corrected chi connectivity index (χ3v) is 4.75. The Morgan fingerprint density at radius 1 is 1.15 bits per heavy atom. The summed E-state index contributed by atoms with van der Waals surface area (Å²) in [6.07, 6.45) is 2.80. The Hall–Kier alpha value is -2.89. The largest absolute Gasteiger partial charge is 0.457 e. The minimum atomic E-state index is -0.511. The third-order valence-electron chi connectivity index (χ3n) is 3.93. The van der Waals surface area contributed by atoms with E-state index in [0.717, 1.165) is 0 Å². The first-order valence-electron chi connectivity index (χ1n) is 7.88. The molecule has 1 aromatic heterocycles. The molecule has 0 fully saturated rings. The van der Waals surface area contributed by atoms with Gasteiger partial charge in [-0.2, -0.15) is 0 Å². The number of nitro groups is 1. The Bertz CT molecular complexity index is 1070. The smallest absolute Gasteiger partial charge is 0.273 e. The molecule has 0 aliphatic heterocycles. The van der Waals surface area contributed by atoms with Gasteiger partial charge in [-0.1, -0.05) is 41.4 Å². The summed E-state index contributed by atoms with van der Waals surface area (Å²) >= 11 is 12.2. The summed E-state index contributed by atoms with van der Waals surface area (Å²) in [4.78, 5) is 22.8. The van der Waals surface area contributed by atoms with Crippen molar-refractivity contribution in [1.29, 1.82) is 0 Å². The number of halogens is 2. The second kappa shape index (κ2) is 7.78. The van der Waals surface area contributed by atoms with Crippen LogP contribution in [0.3, 0.4) is 0 Å². The van der Waals surface area contributed by atoms with Gasteiger partial charge in [0.1, 0.15) is 11.5 Å². The van der Waals surface area contributed by atoms with Crippen LogP contribution in [0.25, 0.3) is 17.4 Å². The normalized spacial score (nSPS) is 11.1. The highest BCUT2D eigenvalue weighted by Crippen LogP contribution is 2.34. The minimum absolute atomic E-state index is 0.0925. The third kappa shape index (κ3) is 4.10. The molecule has 5 nitrogen and oxygen atoms in total. The van der Waals surface area contributed by atoms with Crippen molar-refractivity contribution in [3.8, 4) is 11.3 Å². The van der Waals surface area contributed by atoms with E-state index >= 15 is 0 Å². The number of hydrogen-bond acceptors (Lipinski definition) is 4. The molecule has 7 heteroatoms. The van der Waals surface area contributed by atoms with Crippen LogP contribution in [0.2, 0.25) is 10.0 Å². The number of aryl methyl sites for hydroxylation is 1. The molecule has 0 N–H and O–H groups in total. The SMILES string of the molecule is Cc1ccc(C(=O)/C=C/c2ccc(-c3cccc(Cl)c3Cl)o2)cc1[N+](=O)[O-]. The van der Waals surface area contributed by atoms with Crippen LogP contribution in [0.4, 0.5) is 5.69 Å². The lowest BCUT2D eigenvalue weighted by molar-refractivity contribution is -0.385. The van der Waals surface area contributed by atoms with Gasteiger partial charge in [0.25, 0.3) is 5.69 Å². The van der Waals surface area contributed by atoms with Crippen LogP contribution >= 0.6 is 23.2 Å². The van der Waals surface area contributed by atoms with Crippen molar-refractivity contribution >= 4 is 40.7 Å². The van der Waals surface area contributed by atoms with Crippen molar-refractivity contribution < 1.29 is 14.1 Å². The summed E-state index contributed by atoms with van der Waals surface area (Å²) in [6.45, 7) is 1.62. The highest BCUT2D eigenvalue weighted by molar-refractivity contribution is 6.43. The molecule has 0 saturated carbocycles. The van der Waals surface area contributed by atoms with Crippen molar-refractivity contribution in [2.45, 2.75) is 6.92 Å². The highest BCUT2D eigenvalue weighted by Gasteiger charge is 2.14. The molecule has 2 aromatic carbocycles. The van der Waals surface area contributed by atoms with Gasteiger partial charge in [0.2, 0.25) is 0 Å². The van der Waals surface area contributed by atoms with Gasteiger partial charge in [0.15, 0.2) is 5.78 Å². The highest BCUT2D eigenvalue weighted by atomic mass is 35.5. The van der Waals surface area contributed by atoms with Gasteiger partial charge in [0, 0.05) is 22.8 Å². The number of ketones is 1. The van der Waals surface area contributed by atoms with Crippen molar-refractivity contribution in [3.05, 3.63) is 91.7 Å². The van der Waals surface area contributed by atoms with Crippen LogP contribution < -0.4 is 0 Å². The van der Waals surface area contributed by atoms with Crippen molar-refractivity contribution in [2.75, 3.05) is 0 Å². The first-order chi connectivity index (χ1) is 12.9. The van der Waals surface area contributed by atoms with Crippen molar-refractivity contribution in [2.24, 2.45) is 0 Å². The summed E-state index contributed by atoms with van der Waals surface area (Å²) in [5.41, 5.74) is 1.28. The average molecular weight is 402 g/mol. The molecule has 0 bridgehead atoms. The number of nitrogens with zero attached hydrogens (tertiary/aromatic N) is 1. The molecule has 0 saturated heterocycles. The Morgan fingerprint density at radius 2 is 1.93 bits per heavy atom. The standard InChI is InChI=1S/C20H13Cl2NO4/c1-12-5-6-13(11-17(12)23(25)26)18(24)9-7-14-8-10-19(27-14)15-3-2-4-16(21)20(15)22/h2-11H,1H3/b9-7+. The number of hydrogen-bond donors (Lipinski definition) is 0. The molecular formula is C20H13Cl2NO4. The first kappa shape index (κ1) is 18.9. The molecule has 3 rings (SSSR count). The predicted molar refractivity (Wildman–Crippen MR) is 105 cm³/mol. The number of nitro benzene ring substituents is 1. The van der Waals surface area contributed by atoms with Crippen molar-refractivity contribution in [1.82, 2.24) is 0 Å². The van der Waals surface area contributed by atoms with Gasteiger partial charge in [-0.25, -0.2) is 0 Å². The van der Waals surface area contributed by atoms with E-state index in [0.29, 0.717) is 32.7 Å². The van der Waals surface area contributed by atoms with E-state index in [1.807, 2.05) is 0 Å². The molecule has 3 aromatic rings. The van der Waals surface area contributed by atoms with Crippen LogP contribution in [0, 0.1) is 17.0 Å². The zero-order valence-corrected chi connectivity index (χ0v) is 15.6. The monoisotopic (exact) mass is 401 g/mol. The summed E-state index contributed by atoms with van der Waals surface area (Å²) in [5, 5.41) is 11.8. The zero-order valence-electron chi connectivity index (χ0n) is 14.1.